The number of benzene rings is 1. The van der Waals surface area contributed by atoms with Gasteiger partial charge in [0.25, 0.3) is 0 Å². The fourth-order valence-electron chi connectivity index (χ4n) is 2.98. The average molecular weight is 246 g/mol. The van der Waals surface area contributed by atoms with Gasteiger partial charge in [-0.2, -0.15) is 0 Å². The third-order valence-electron chi connectivity index (χ3n) is 3.75. The van der Waals surface area contributed by atoms with Crippen molar-refractivity contribution in [1.29, 1.82) is 0 Å². The van der Waals surface area contributed by atoms with Crippen LogP contribution in [-0.2, 0) is 9.53 Å². The highest BCUT2D eigenvalue weighted by Crippen LogP contribution is 2.41. The van der Waals surface area contributed by atoms with Gasteiger partial charge in [0, 0.05) is 6.92 Å². The summed E-state index contributed by atoms with van der Waals surface area (Å²) in [4.78, 5) is 11.2. The van der Waals surface area contributed by atoms with Gasteiger partial charge in [-0.25, -0.2) is 0 Å². The van der Waals surface area contributed by atoms with E-state index in [0.29, 0.717) is 5.92 Å². The van der Waals surface area contributed by atoms with Gasteiger partial charge in [0.2, 0.25) is 0 Å². The van der Waals surface area contributed by atoms with Crippen LogP contribution in [0.4, 0.5) is 0 Å². The van der Waals surface area contributed by atoms with E-state index in [1.54, 1.807) is 0 Å². The quantitative estimate of drug-likeness (QED) is 0.744. The highest BCUT2D eigenvalue weighted by molar-refractivity contribution is 5.66. The summed E-state index contributed by atoms with van der Waals surface area (Å²) >= 11 is 0. The molecule has 0 aromatic heterocycles. The molecule has 0 bridgehead atoms. The second-order valence-corrected chi connectivity index (χ2v) is 5.29. The second kappa shape index (κ2) is 5.55. The molecule has 18 heavy (non-hydrogen) atoms. The van der Waals surface area contributed by atoms with Crippen molar-refractivity contribution in [2.24, 2.45) is 0 Å². The molecule has 0 fully saturated rings. The topological polar surface area (TPSA) is 26.3 Å². The van der Waals surface area contributed by atoms with Crippen molar-refractivity contribution in [2.45, 2.75) is 58.5 Å². The smallest absolute Gasteiger partial charge is 0.303 e. The SMILES string of the molecule is CCCC1CCC(OC(C)=O)c2ccc(C)cc21. The summed E-state index contributed by atoms with van der Waals surface area (Å²) in [6, 6.07) is 6.52. The summed E-state index contributed by atoms with van der Waals surface area (Å²) in [7, 11) is 0. The molecule has 2 nitrogen and oxygen atoms in total. The van der Waals surface area contributed by atoms with Gasteiger partial charge in [0.1, 0.15) is 6.10 Å². The maximum Gasteiger partial charge on any atom is 0.303 e. The highest BCUT2D eigenvalue weighted by Gasteiger charge is 2.28. The zero-order chi connectivity index (χ0) is 13.1. The normalized spacial score (nSPS) is 22.4. The average Bonchev–Trinajstić information content (AvgIpc) is 2.31. The Kier molecular flexibility index (Phi) is 4.05. The fraction of sp³-hybridized carbons (Fsp3) is 0.562. The van der Waals surface area contributed by atoms with E-state index in [2.05, 4.69) is 32.0 Å². The first-order valence-electron chi connectivity index (χ1n) is 6.89. The predicted molar refractivity (Wildman–Crippen MR) is 72.6 cm³/mol. The van der Waals surface area contributed by atoms with Crippen LogP contribution in [-0.4, -0.2) is 5.97 Å². The lowest BCUT2D eigenvalue weighted by atomic mass is 9.78. The van der Waals surface area contributed by atoms with E-state index < -0.39 is 0 Å². The number of esters is 1. The van der Waals surface area contributed by atoms with Gasteiger partial charge in [-0.1, -0.05) is 37.1 Å². The van der Waals surface area contributed by atoms with Crippen LogP contribution < -0.4 is 0 Å². The molecule has 0 heterocycles. The van der Waals surface area contributed by atoms with Gasteiger partial charge in [0.05, 0.1) is 0 Å². The van der Waals surface area contributed by atoms with Crippen LogP contribution in [0.1, 0.15) is 68.2 Å². The van der Waals surface area contributed by atoms with Crippen molar-refractivity contribution >= 4 is 5.97 Å². The molecule has 0 radical (unpaired) electrons. The van der Waals surface area contributed by atoms with E-state index in [1.807, 2.05) is 0 Å². The molecule has 1 aliphatic rings. The number of carbonyl (C=O) groups excluding carboxylic acids is 1. The molecule has 0 amide bonds. The van der Waals surface area contributed by atoms with E-state index in [0.717, 1.165) is 12.8 Å². The minimum atomic E-state index is -0.180. The Morgan fingerprint density at radius 2 is 2.11 bits per heavy atom. The van der Waals surface area contributed by atoms with Gasteiger partial charge >= 0.3 is 5.97 Å². The van der Waals surface area contributed by atoms with E-state index in [9.17, 15) is 4.79 Å². The molecule has 0 saturated heterocycles. The molecule has 0 N–H and O–H groups in total. The van der Waals surface area contributed by atoms with Crippen molar-refractivity contribution in [3.63, 3.8) is 0 Å². The molecule has 0 spiro atoms. The molecule has 2 unspecified atom stereocenters. The third kappa shape index (κ3) is 2.74. The summed E-state index contributed by atoms with van der Waals surface area (Å²) in [6.45, 7) is 5.85. The number of hydrogen-bond donors (Lipinski definition) is 0. The molecule has 0 saturated carbocycles. The maximum atomic E-state index is 11.2. The lowest BCUT2D eigenvalue weighted by Gasteiger charge is -2.31. The molecule has 98 valence electrons. The molecule has 2 atom stereocenters. The van der Waals surface area contributed by atoms with E-state index in [4.69, 9.17) is 4.74 Å². The number of aryl methyl sites for hydroxylation is 1. The lowest BCUT2D eigenvalue weighted by molar-refractivity contribution is -0.147. The van der Waals surface area contributed by atoms with Crippen LogP contribution in [0, 0.1) is 6.92 Å². The summed E-state index contributed by atoms with van der Waals surface area (Å²) in [6.07, 6.45) is 4.48. The van der Waals surface area contributed by atoms with Crippen molar-refractivity contribution in [3.05, 3.63) is 34.9 Å². The van der Waals surface area contributed by atoms with Crippen LogP contribution in [0.5, 0.6) is 0 Å². The summed E-state index contributed by atoms with van der Waals surface area (Å²) in [5.41, 5.74) is 3.91. The van der Waals surface area contributed by atoms with Crippen LogP contribution >= 0.6 is 0 Å². The van der Waals surface area contributed by atoms with Gasteiger partial charge < -0.3 is 4.74 Å². The Morgan fingerprint density at radius 3 is 2.78 bits per heavy atom. The first kappa shape index (κ1) is 13.1. The summed E-state index contributed by atoms with van der Waals surface area (Å²) < 4.78 is 5.45. The van der Waals surface area contributed by atoms with Crippen molar-refractivity contribution in [1.82, 2.24) is 0 Å². The number of rotatable bonds is 3. The largest absolute Gasteiger partial charge is 0.458 e. The zero-order valence-electron chi connectivity index (χ0n) is 11.5. The molecule has 0 aliphatic heterocycles. The summed E-state index contributed by atoms with van der Waals surface area (Å²) in [5.74, 6) is 0.456. The number of ether oxygens (including phenoxy) is 1. The van der Waals surface area contributed by atoms with E-state index in [1.165, 1.54) is 36.5 Å². The fourth-order valence-corrected chi connectivity index (χ4v) is 2.98. The van der Waals surface area contributed by atoms with Gasteiger partial charge in [-0.15, -0.1) is 0 Å². The number of hydrogen-bond acceptors (Lipinski definition) is 2. The van der Waals surface area contributed by atoms with Crippen molar-refractivity contribution < 1.29 is 9.53 Å². The molecule has 1 aromatic carbocycles. The number of fused-ring (bicyclic) bond motifs is 1. The van der Waals surface area contributed by atoms with Gasteiger partial charge in [-0.05, 0) is 43.2 Å². The minimum Gasteiger partial charge on any atom is -0.458 e. The minimum absolute atomic E-state index is 0.0359. The van der Waals surface area contributed by atoms with Gasteiger partial charge in [0.15, 0.2) is 0 Å². The van der Waals surface area contributed by atoms with Crippen LogP contribution in [0.3, 0.4) is 0 Å². The Labute approximate surface area is 109 Å². The van der Waals surface area contributed by atoms with Crippen LogP contribution in [0.25, 0.3) is 0 Å². The molecular formula is C16H22O2. The van der Waals surface area contributed by atoms with Crippen LogP contribution in [0.15, 0.2) is 18.2 Å². The van der Waals surface area contributed by atoms with E-state index in [-0.39, 0.29) is 12.1 Å². The van der Waals surface area contributed by atoms with Crippen molar-refractivity contribution in [2.75, 3.05) is 0 Å². The number of carbonyl (C=O) groups is 1. The second-order valence-electron chi connectivity index (χ2n) is 5.29. The monoisotopic (exact) mass is 246 g/mol. The molecular weight excluding hydrogens is 224 g/mol. The first-order valence-corrected chi connectivity index (χ1v) is 6.89. The standard InChI is InChI=1S/C16H22O2/c1-4-5-13-7-9-16(18-12(3)17)14-8-6-11(2)10-15(13)14/h6,8,10,13,16H,4-5,7,9H2,1-3H3. The summed E-state index contributed by atoms with van der Waals surface area (Å²) in [5, 5.41) is 0. The van der Waals surface area contributed by atoms with Gasteiger partial charge in [-0.3, -0.25) is 4.79 Å². The Hall–Kier alpha value is -1.31. The Bertz CT molecular complexity index is 437. The Morgan fingerprint density at radius 1 is 1.33 bits per heavy atom. The first-order chi connectivity index (χ1) is 8.61. The van der Waals surface area contributed by atoms with Crippen LogP contribution in [0.2, 0.25) is 0 Å². The molecule has 2 heteroatoms. The Balaban J connectivity index is 2.33. The highest BCUT2D eigenvalue weighted by atomic mass is 16.5. The predicted octanol–water partition coefficient (Wildman–Crippen LogP) is 4.28. The lowest BCUT2D eigenvalue weighted by Crippen LogP contribution is -2.18. The third-order valence-corrected chi connectivity index (χ3v) is 3.75. The maximum absolute atomic E-state index is 11.2. The molecule has 2 rings (SSSR count). The van der Waals surface area contributed by atoms with E-state index >= 15 is 0 Å². The zero-order valence-corrected chi connectivity index (χ0v) is 11.5. The molecule has 1 aliphatic carbocycles. The molecule has 1 aromatic rings. The van der Waals surface area contributed by atoms with Crippen molar-refractivity contribution in [3.8, 4) is 0 Å².